The van der Waals surface area contributed by atoms with Gasteiger partial charge in [-0.1, -0.05) is 30.3 Å². The van der Waals surface area contributed by atoms with Gasteiger partial charge in [0.25, 0.3) is 5.91 Å². The van der Waals surface area contributed by atoms with Crippen molar-refractivity contribution in [2.24, 2.45) is 0 Å². The lowest BCUT2D eigenvalue weighted by atomic mass is 9.99. The lowest BCUT2D eigenvalue weighted by molar-refractivity contribution is -0.143. The van der Waals surface area contributed by atoms with Crippen molar-refractivity contribution in [3.8, 4) is 0 Å². The number of hydrogen-bond acceptors (Lipinski definition) is 3. The third-order valence-corrected chi connectivity index (χ3v) is 3.99. The molecular weight excluding hydrogens is 280 g/mol. The van der Waals surface area contributed by atoms with E-state index in [1.165, 1.54) is 6.92 Å². The summed E-state index contributed by atoms with van der Waals surface area (Å²) >= 11 is 0. The van der Waals surface area contributed by atoms with Crippen molar-refractivity contribution in [1.82, 2.24) is 10.2 Å². The number of aliphatic hydroxyl groups is 1. The lowest BCUT2D eigenvalue weighted by Gasteiger charge is -2.31. The van der Waals surface area contributed by atoms with Gasteiger partial charge in [0, 0.05) is 20.0 Å². The molecule has 0 spiro atoms. The van der Waals surface area contributed by atoms with E-state index in [-0.39, 0.29) is 11.8 Å². The SMILES string of the molecule is CC(=O)N[C@@H](Cc1ccccc1)C(O)C(=O)N1CCCCC1. The summed E-state index contributed by atoms with van der Waals surface area (Å²) in [5.41, 5.74) is 0.978. The number of hydrogen-bond donors (Lipinski definition) is 2. The highest BCUT2D eigenvalue weighted by atomic mass is 16.3. The fraction of sp³-hybridized carbons (Fsp3) is 0.529. The van der Waals surface area contributed by atoms with Crippen LogP contribution in [0.3, 0.4) is 0 Å². The smallest absolute Gasteiger partial charge is 0.253 e. The van der Waals surface area contributed by atoms with E-state index in [0.29, 0.717) is 19.5 Å². The molecule has 1 aliphatic rings. The average molecular weight is 304 g/mol. The second-order valence-corrected chi connectivity index (χ2v) is 5.83. The van der Waals surface area contributed by atoms with E-state index >= 15 is 0 Å². The van der Waals surface area contributed by atoms with Crippen LogP contribution in [0.1, 0.15) is 31.7 Å². The zero-order valence-corrected chi connectivity index (χ0v) is 13.0. The molecule has 120 valence electrons. The van der Waals surface area contributed by atoms with Gasteiger partial charge in [-0.05, 0) is 31.2 Å². The Morgan fingerprint density at radius 2 is 1.82 bits per heavy atom. The quantitative estimate of drug-likeness (QED) is 0.856. The molecule has 0 bridgehead atoms. The monoisotopic (exact) mass is 304 g/mol. The zero-order chi connectivity index (χ0) is 15.9. The largest absolute Gasteiger partial charge is 0.381 e. The summed E-state index contributed by atoms with van der Waals surface area (Å²) in [5, 5.41) is 13.1. The summed E-state index contributed by atoms with van der Waals surface area (Å²) in [7, 11) is 0. The molecule has 0 aromatic heterocycles. The molecule has 1 saturated heterocycles. The molecule has 5 heteroatoms. The van der Waals surface area contributed by atoms with Crippen molar-refractivity contribution in [1.29, 1.82) is 0 Å². The molecule has 0 aliphatic carbocycles. The van der Waals surface area contributed by atoms with Gasteiger partial charge in [-0.25, -0.2) is 0 Å². The topological polar surface area (TPSA) is 69.6 Å². The van der Waals surface area contributed by atoms with Crippen molar-refractivity contribution in [2.75, 3.05) is 13.1 Å². The number of amides is 2. The molecule has 2 atom stereocenters. The minimum Gasteiger partial charge on any atom is -0.381 e. The predicted molar refractivity (Wildman–Crippen MR) is 84.2 cm³/mol. The fourth-order valence-corrected chi connectivity index (χ4v) is 2.84. The van der Waals surface area contributed by atoms with Gasteiger partial charge in [0.05, 0.1) is 6.04 Å². The first-order valence-electron chi connectivity index (χ1n) is 7.86. The number of aliphatic hydroxyl groups excluding tert-OH is 1. The zero-order valence-electron chi connectivity index (χ0n) is 13.0. The van der Waals surface area contributed by atoms with Crippen molar-refractivity contribution in [3.63, 3.8) is 0 Å². The minimum absolute atomic E-state index is 0.244. The first-order chi connectivity index (χ1) is 10.6. The number of piperidine rings is 1. The van der Waals surface area contributed by atoms with Crippen molar-refractivity contribution in [2.45, 2.75) is 44.8 Å². The summed E-state index contributed by atoms with van der Waals surface area (Å²) in [6.45, 7) is 2.78. The molecule has 2 rings (SSSR count). The standard InChI is InChI=1S/C17H24N2O3/c1-13(20)18-15(12-14-8-4-2-5-9-14)16(21)17(22)19-10-6-3-7-11-19/h2,4-5,8-9,15-16,21H,3,6-7,10-12H2,1H3,(H,18,20)/t15-,16?/m0/s1. The molecule has 1 unspecified atom stereocenters. The van der Waals surface area contributed by atoms with Crippen molar-refractivity contribution >= 4 is 11.8 Å². The number of carbonyl (C=O) groups excluding carboxylic acids is 2. The minimum atomic E-state index is -1.21. The van der Waals surface area contributed by atoms with Crippen LogP contribution in [0.4, 0.5) is 0 Å². The van der Waals surface area contributed by atoms with E-state index in [2.05, 4.69) is 5.32 Å². The van der Waals surface area contributed by atoms with Gasteiger partial charge in [0.1, 0.15) is 0 Å². The van der Waals surface area contributed by atoms with Crippen molar-refractivity contribution in [3.05, 3.63) is 35.9 Å². The van der Waals surface area contributed by atoms with Crippen LogP contribution in [0.25, 0.3) is 0 Å². The molecule has 1 heterocycles. The molecule has 1 aromatic rings. The highest BCUT2D eigenvalue weighted by Crippen LogP contribution is 2.13. The Hall–Kier alpha value is -1.88. The average Bonchev–Trinajstić information content (AvgIpc) is 2.54. The fourth-order valence-electron chi connectivity index (χ4n) is 2.84. The normalized spacial score (nSPS) is 17.6. The molecule has 0 radical (unpaired) electrons. The van der Waals surface area contributed by atoms with Gasteiger partial charge >= 0.3 is 0 Å². The van der Waals surface area contributed by atoms with Crippen molar-refractivity contribution < 1.29 is 14.7 Å². The summed E-state index contributed by atoms with van der Waals surface area (Å²) < 4.78 is 0. The van der Waals surface area contributed by atoms with Gasteiger partial charge in [-0.15, -0.1) is 0 Å². The second kappa shape index (κ2) is 7.94. The van der Waals surface area contributed by atoms with E-state index in [9.17, 15) is 14.7 Å². The molecule has 2 N–H and O–H groups in total. The van der Waals surface area contributed by atoms with Crippen LogP contribution < -0.4 is 5.32 Å². The number of nitrogens with zero attached hydrogens (tertiary/aromatic N) is 1. The Labute approximate surface area is 131 Å². The Kier molecular flexibility index (Phi) is 5.95. The third-order valence-electron chi connectivity index (χ3n) is 3.99. The molecule has 1 fully saturated rings. The van der Waals surface area contributed by atoms with Gasteiger partial charge in [0.2, 0.25) is 5.91 Å². The second-order valence-electron chi connectivity index (χ2n) is 5.83. The number of benzene rings is 1. The van der Waals surface area contributed by atoms with Crippen LogP contribution in [0.2, 0.25) is 0 Å². The van der Waals surface area contributed by atoms with E-state index in [0.717, 1.165) is 24.8 Å². The lowest BCUT2D eigenvalue weighted by Crippen LogP contribution is -2.53. The molecule has 5 nitrogen and oxygen atoms in total. The maximum atomic E-state index is 12.4. The van der Waals surface area contributed by atoms with E-state index in [4.69, 9.17) is 0 Å². The summed E-state index contributed by atoms with van der Waals surface area (Å²) in [4.78, 5) is 25.5. The highest BCUT2D eigenvalue weighted by Gasteiger charge is 2.31. The predicted octanol–water partition coefficient (Wildman–Crippen LogP) is 1.11. The maximum Gasteiger partial charge on any atom is 0.253 e. The van der Waals surface area contributed by atoms with Crippen LogP contribution in [-0.4, -0.2) is 47.1 Å². The Morgan fingerprint density at radius 1 is 1.18 bits per heavy atom. The molecule has 0 saturated carbocycles. The highest BCUT2D eigenvalue weighted by molar-refractivity contribution is 5.83. The first kappa shape index (κ1) is 16.5. The molecule has 1 aliphatic heterocycles. The van der Waals surface area contributed by atoms with Gasteiger partial charge in [-0.2, -0.15) is 0 Å². The van der Waals surface area contributed by atoms with Crippen LogP contribution in [0.5, 0.6) is 0 Å². The third kappa shape index (κ3) is 4.56. The van der Waals surface area contributed by atoms with Gasteiger partial charge in [-0.3, -0.25) is 9.59 Å². The van der Waals surface area contributed by atoms with Gasteiger partial charge in [0.15, 0.2) is 6.10 Å². The van der Waals surface area contributed by atoms with Crippen LogP contribution >= 0.6 is 0 Å². The van der Waals surface area contributed by atoms with E-state index in [1.54, 1.807) is 4.90 Å². The summed E-state index contributed by atoms with van der Waals surface area (Å²) in [5.74, 6) is -0.527. The van der Waals surface area contributed by atoms with Crippen LogP contribution in [0.15, 0.2) is 30.3 Å². The summed E-state index contributed by atoms with van der Waals surface area (Å²) in [6, 6.07) is 8.96. The number of rotatable bonds is 5. The van der Waals surface area contributed by atoms with E-state index < -0.39 is 12.1 Å². The Bertz CT molecular complexity index is 498. The number of nitrogens with one attached hydrogen (secondary N) is 1. The Balaban J connectivity index is 2.06. The Morgan fingerprint density at radius 3 is 2.41 bits per heavy atom. The van der Waals surface area contributed by atoms with Crippen LogP contribution in [0, 0.1) is 0 Å². The van der Waals surface area contributed by atoms with E-state index in [1.807, 2.05) is 30.3 Å². The number of likely N-dealkylation sites (tertiary alicyclic amines) is 1. The van der Waals surface area contributed by atoms with Gasteiger partial charge < -0.3 is 15.3 Å². The molecule has 1 aromatic carbocycles. The first-order valence-corrected chi connectivity index (χ1v) is 7.86. The molecule has 22 heavy (non-hydrogen) atoms. The van der Waals surface area contributed by atoms with Crippen LogP contribution in [-0.2, 0) is 16.0 Å². The summed E-state index contributed by atoms with van der Waals surface area (Å²) in [6.07, 6.45) is 2.30. The number of carbonyl (C=O) groups is 2. The molecule has 2 amide bonds. The molecular formula is C17H24N2O3. The maximum absolute atomic E-state index is 12.4.